The normalized spacial score (nSPS) is 11.3. The van der Waals surface area contributed by atoms with Crippen LogP contribution >= 0.6 is 0 Å². The monoisotopic (exact) mass is 542 g/mol. The fourth-order valence-electron chi connectivity index (χ4n) is 4.44. The molecule has 5 rings (SSSR count). The Labute approximate surface area is 239 Å². The maximum Gasteiger partial charge on any atom is 0.163 e. The van der Waals surface area contributed by atoms with Crippen molar-refractivity contribution in [1.29, 1.82) is 0 Å². The molecule has 5 aromatic rings. The molecule has 0 saturated carbocycles. The number of allylic oxidation sites excluding steroid dienone is 2. The van der Waals surface area contributed by atoms with E-state index in [9.17, 15) is 9.59 Å². The van der Waals surface area contributed by atoms with E-state index in [4.69, 9.17) is 9.47 Å². The van der Waals surface area contributed by atoms with Crippen LogP contribution in [0.3, 0.4) is 0 Å². The number of benzene rings is 3. The van der Waals surface area contributed by atoms with Crippen molar-refractivity contribution in [3.05, 3.63) is 138 Å². The van der Waals surface area contributed by atoms with Crippen LogP contribution < -0.4 is 9.47 Å². The van der Waals surface area contributed by atoms with Gasteiger partial charge in [0, 0.05) is 36.1 Å². The number of hydrogen-bond donors (Lipinski definition) is 0. The van der Waals surface area contributed by atoms with Gasteiger partial charge in [0.25, 0.3) is 0 Å². The lowest BCUT2D eigenvalue weighted by atomic mass is 10.1. The molecule has 0 fully saturated rings. The van der Waals surface area contributed by atoms with Crippen LogP contribution in [0.2, 0.25) is 0 Å². The molecule has 0 atom stereocenters. The molecule has 0 aliphatic carbocycles. The average molecular weight is 543 g/mol. The number of fused-ring (bicyclic) bond motifs is 1. The van der Waals surface area contributed by atoms with E-state index in [1.165, 1.54) is 17.7 Å². The summed E-state index contributed by atoms with van der Waals surface area (Å²) in [6, 6.07) is 29.4. The zero-order chi connectivity index (χ0) is 28.4. The standard InChI is InChI=1S/C35H30N2O4/c1-40-35-23-33(41-25-30-9-5-6-19-36-30)17-14-29(35)13-16-32(39)22-31(38)15-11-26-10-12-28-18-20-37(34(28)21-26)24-27-7-3-2-4-8-27/h2-21,23H,22,24-25H2,1H3. The summed E-state index contributed by atoms with van der Waals surface area (Å²) < 4.78 is 13.4. The van der Waals surface area contributed by atoms with Crippen LogP contribution in [0.4, 0.5) is 0 Å². The quantitative estimate of drug-likeness (QED) is 0.126. The predicted molar refractivity (Wildman–Crippen MR) is 162 cm³/mol. The third kappa shape index (κ3) is 7.46. The second-order valence-electron chi connectivity index (χ2n) is 9.54. The first kappa shape index (κ1) is 27.3. The molecule has 0 amide bonds. The second kappa shape index (κ2) is 13.2. The van der Waals surface area contributed by atoms with Crippen molar-refractivity contribution in [2.75, 3.05) is 7.11 Å². The van der Waals surface area contributed by atoms with Crippen LogP contribution in [-0.2, 0) is 22.7 Å². The first-order valence-corrected chi connectivity index (χ1v) is 13.3. The molecule has 0 saturated heterocycles. The average Bonchev–Trinajstić information content (AvgIpc) is 3.40. The van der Waals surface area contributed by atoms with Gasteiger partial charge in [-0.25, -0.2) is 0 Å². The number of nitrogens with zero attached hydrogens (tertiary/aromatic N) is 2. The van der Waals surface area contributed by atoms with Gasteiger partial charge in [-0.15, -0.1) is 0 Å². The molecule has 2 aromatic heterocycles. The fourth-order valence-corrected chi connectivity index (χ4v) is 4.44. The van der Waals surface area contributed by atoms with E-state index < -0.39 is 0 Å². The highest BCUT2D eigenvalue weighted by Crippen LogP contribution is 2.26. The third-order valence-electron chi connectivity index (χ3n) is 6.57. The Hall–Kier alpha value is -5.23. The van der Waals surface area contributed by atoms with Crippen molar-refractivity contribution in [3.8, 4) is 11.5 Å². The van der Waals surface area contributed by atoms with Crippen molar-refractivity contribution in [1.82, 2.24) is 9.55 Å². The predicted octanol–water partition coefficient (Wildman–Crippen LogP) is 6.93. The van der Waals surface area contributed by atoms with Gasteiger partial charge in [0.1, 0.15) is 18.1 Å². The number of pyridine rings is 1. The zero-order valence-electron chi connectivity index (χ0n) is 22.8. The summed E-state index contributed by atoms with van der Waals surface area (Å²) in [7, 11) is 1.56. The minimum absolute atomic E-state index is 0.215. The van der Waals surface area contributed by atoms with E-state index >= 15 is 0 Å². The van der Waals surface area contributed by atoms with Crippen molar-refractivity contribution in [3.63, 3.8) is 0 Å². The van der Waals surface area contributed by atoms with Crippen LogP contribution in [-0.4, -0.2) is 28.2 Å². The Kier molecular flexibility index (Phi) is 8.81. The summed E-state index contributed by atoms with van der Waals surface area (Å²) in [6.45, 7) is 1.10. The highest BCUT2D eigenvalue weighted by molar-refractivity contribution is 6.11. The number of ether oxygens (including phenoxy) is 2. The van der Waals surface area contributed by atoms with E-state index in [2.05, 4.69) is 40.0 Å². The Morgan fingerprint density at radius 2 is 1.66 bits per heavy atom. The number of aromatic nitrogens is 2. The minimum Gasteiger partial charge on any atom is -0.496 e. The first-order valence-electron chi connectivity index (χ1n) is 13.3. The van der Waals surface area contributed by atoms with Gasteiger partial charge in [0.2, 0.25) is 0 Å². The van der Waals surface area contributed by atoms with Gasteiger partial charge >= 0.3 is 0 Å². The number of hydrogen-bond acceptors (Lipinski definition) is 5. The summed E-state index contributed by atoms with van der Waals surface area (Å²) in [4.78, 5) is 29.3. The first-order chi connectivity index (χ1) is 20.1. The second-order valence-corrected chi connectivity index (χ2v) is 9.54. The Bertz CT molecular complexity index is 1700. The molecule has 0 spiro atoms. The Balaban J connectivity index is 1.18. The van der Waals surface area contributed by atoms with Gasteiger partial charge in [-0.1, -0.05) is 54.6 Å². The molecule has 2 heterocycles. The minimum atomic E-state index is -0.288. The molecule has 6 nitrogen and oxygen atoms in total. The van der Waals surface area contributed by atoms with Gasteiger partial charge in [0.15, 0.2) is 11.6 Å². The summed E-state index contributed by atoms with van der Waals surface area (Å²) in [6.07, 6.45) is 9.84. The van der Waals surface area contributed by atoms with Crippen molar-refractivity contribution in [2.45, 2.75) is 19.6 Å². The van der Waals surface area contributed by atoms with Crippen LogP contribution in [0.1, 0.15) is 28.8 Å². The number of methoxy groups -OCH3 is 1. The lowest BCUT2D eigenvalue weighted by Crippen LogP contribution is -2.02. The molecule has 41 heavy (non-hydrogen) atoms. The molecule has 0 aliphatic heterocycles. The number of rotatable bonds is 12. The van der Waals surface area contributed by atoms with E-state index in [1.807, 2.05) is 54.6 Å². The lowest BCUT2D eigenvalue weighted by Gasteiger charge is -2.09. The summed E-state index contributed by atoms with van der Waals surface area (Å²) >= 11 is 0. The summed E-state index contributed by atoms with van der Waals surface area (Å²) in [5, 5.41) is 1.13. The molecule has 0 unspecified atom stereocenters. The molecule has 0 N–H and O–H groups in total. The Morgan fingerprint density at radius 3 is 2.44 bits per heavy atom. The zero-order valence-corrected chi connectivity index (χ0v) is 22.8. The highest BCUT2D eigenvalue weighted by Gasteiger charge is 2.08. The van der Waals surface area contributed by atoms with E-state index in [0.717, 1.165) is 28.7 Å². The van der Waals surface area contributed by atoms with Gasteiger partial charge in [-0.2, -0.15) is 0 Å². The van der Waals surface area contributed by atoms with Crippen LogP contribution in [0.15, 0.2) is 116 Å². The molecular formula is C35H30N2O4. The number of carbonyl (C=O) groups is 2. The van der Waals surface area contributed by atoms with Crippen LogP contribution in [0, 0.1) is 0 Å². The van der Waals surface area contributed by atoms with Gasteiger partial charge in [0.05, 0.1) is 19.2 Å². The largest absolute Gasteiger partial charge is 0.496 e. The maximum atomic E-state index is 12.5. The summed E-state index contributed by atoms with van der Waals surface area (Å²) in [5.74, 6) is 0.641. The molecule has 3 aromatic carbocycles. The van der Waals surface area contributed by atoms with Gasteiger partial charge in [-0.05, 0) is 71.1 Å². The molecule has 6 heteroatoms. The van der Waals surface area contributed by atoms with Gasteiger partial charge in [-0.3, -0.25) is 14.6 Å². The highest BCUT2D eigenvalue weighted by atomic mass is 16.5. The molecular weight excluding hydrogens is 512 g/mol. The van der Waals surface area contributed by atoms with E-state index in [1.54, 1.807) is 37.6 Å². The van der Waals surface area contributed by atoms with Crippen molar-refractivity contribution < 1.29 is 19.1 Å². The SMILES string of the molecule is COc1cc(OCc2ccccn2)ccc1C=CC(=O)CC(=O)C=Cc1ccc2ccn(Cc3ccccc3)c2c1. The summed E-state index contributed by atoms with van der Waals surface area (Å²) in [5.41, 5.74) is 4.73. The topological polar surface area (TPSA) is 70.4 Å². The van der Waals surface area contributed by atoms with Crippen LogP contribution in [0.5, 0.6) is 11.5 Å². The number of carbonyl (C=O) groups excluding carboxylic acids is 2. The van der Waals surface area contributed by atoms with Gasteiger partial charge < -0.3 is 14.0 Å². The van der Waals surface area contributed by atoms with Crippen LogP contribution in [0.25, 0.3) is 23.1 Å². The fraction of sp³-hybridized carbons (Fsp3) is 0.114. The lowest BCUT2D eigenvalue weighted by molar-refractivity contribution is -0.121. The maximum absolute atomic E-state index is 12.5. The third-order valence-corrected chi connectivity index (χ3v) is 6.57. The van der Waals surface area contributed by atoms with Crippen molar-refractivity contribution >= 4 is 34.6 Å². The molecule has 0 aliphatic rings. The van der Waals surface area contributed by atoms with Crippen molar-refractivity contribution in [2.24, 2.45) is 0 Å². The molecule has 0 radical (unpaired) electrons. The smallest absolute Gasteiger partial charge is 0.163 e. The Morgan fingerprint density at radius 1 is 0.854 bits per heavy atom. The molecule has 0 bridgehead atoms. The number of ketones is 2. The van der Waals surface area contributed by atoms with E-state index in [0.29, 0.717) is 23.7 Å². The van der Waals surface area contributed by atoms with E-state index in [-0.39, 0.29) is 18.0 Å². The molecule has 204 valence electrons.